The fourth-order valence-corrected chi connectivity index (χ4v) is 9.40. The predicted molar refractivity (Wildman–Crippen MR) is 156 cm³/mol. The van der Waals surface area contributed by atoms with E-state index in [1.165, 1.54) is 0 Å². The number of carbonyl (C=O) groups is 3. The van der Waals surface area contributed by atoms with E-state index >= 15 is 0 Å². The molecule has 3 aliphatic rings. The van der Waals surface area contributed by atoms with Crippen LogP contribution in [0.15, 0.2) is 43.5 Å². The number of nitrogens with zero attached hydrogens (tertiary/aromatic N) is 2. The van der Waals surface area contributed by atoms with Gasteiger partial charge in [-0.15, -0.1) is 24.9 Å². The number of thioether (sulfide) groups is 1. The molecule has 0 radical (unpaired) electrons. The van der Waals surface area contributed by atoms with Crippen molar-refractivity contribution in [3.8, 4) is 0 Å². The van der Waals surface area contributed by atoms with Gasteiger partial charge in [-0.25, -0.2) is 0 Å². The van der Waals surface area contributed by atoms with E-state index in [1.54, 1.807) is 33.7 Å². The molecule has 6 atom stereocenters. The van der Waals surface area contributed by atoms with Gasteiger partial charge in [0.05, 0.1) is 23.2 Å². The maximum atomic E-state index is 14.7. The van der Waals surface area contributed by atoms with Gasteiger partial charge in [0, 0.05) is 30.6 Å². The van der Waals surface area contributed by atoms with Crippen molar-refractivity contribution in [3.63, 3.8) is 0 Å². The lowest BCUT2D eigenvalue weighted by Gasteiger charge is -2.41. The Hall–Kier alpha value is -2.58. The van der Waals surface area contributed by atoms with Gasteiger partial charge in [0.15, 0.2) is 0 Å². The summed E-state index contributed by atoms with van der Waals surface area (Å²) >= 11 is 1.66. The second kappa shape index (κ2) is 12.3. The van der Waals surface area contributed by atoms with Crippen LogP contribution in [0, 0.1) is 31.6 Å². The number of amides is 2. The molecule has 7 nitrogen and oxygen atoms in total. The highest BCUT2D eigenvalue weighted by Gasteiger charge is 2.76. The molecule has 1 spiro atoms. The fourth-order valence-electron chi connectivity index (χ4n) is 7.00. The highest BCUT2D eigenvalue weighted by molar-refractivity contribution is 8.02. The lowest BCUT2D eigenvalue weighted by molar-refractivity contribution is -0.154. The van der Waals surface area contributed by atoms with E-state index in [0.717, 1.165) is 29.7 Å². The molecule has 0 aromatic heterocycles. The van der Waals surface area contributed by atoms with Gasteiger partial charge in [0.25, 0.3) is 5.91 Å². The molecule has 3 fully saturated rings. The van der Waals surface area contributed by atoms with E-state index in [-0.39, 0.29) is 35.6 Å². The number of hydrogen-bond donors (Lipinski definition) is 1. The third-order valence-electron chi connectivity index (χ3n) is 8.64. The molecule has 3 unspecified atom stereocenters. The summed E-state index contributed by atoms with van der Waals surface area (Å²) < 4.78 is 4.96. The molecule has 2 amide bonds. The van der Waals surface area contributed by atoms with Gasteiger partial charge in [0.2, 0.25) is 5.91 Å². The molecule has 39 heavy (non-hydrogen) atoms. The predicted octanol–water partition coefficient (Wildman–Crippen LogP) is 4.44. The van der Waals surface area contributed by atoms with Crippen molar-refractivity contribution in [2.75, 3.05) is 31.2 Å². The van der Waals surface area contributed by atoms with Crippen molar-refractivity contribution < 1.29 is 24.2 Å². The van der Waals surface area contributed by atoms with Crippen LogP contribution in [0.25, 0.3) is 0 Å². The first kappa shape index (κ1) is 29.4. The third kappa shape index (κ3) is 5.06. The number of anilines is 1. The van der Waals surface area contributed by atoms with E-state index < -0.39 is 22.6 Å². The quantitative estimate of drug-likeness (QED) is 0.220. The van der Waals surface area contributed by atoms with Gasteiger partial charge < -0.3 is 19.6 Å². The van der Waals surface area contributed by atoms with E-state index in [9.17, 15) is 19.5 Å². The van der Waals surface area contributed by atoms with Crippen LogP contribution < -0.4 is 4.90 Å². The summed E-state index contributed by atoms with van der Waals surface area (Å²) in [6.07, 6.45) is 6.85. The summed E-state index contributed by atoms with van der Waals surface area (Å²) in [5, 5.41) is 9.38. The zero-order valence-electron chi connectivity index (χ0n) is 23.4. The van der Waals surface area contributed by atoms with Crippen LogP contribution in [0.5, 0.6) is 0 Å². The summed E-state index contributed by atoms with van der Waals surface area (Å²) in [4.78, 5) is 45.8. The van der Waals surface area contributed by atoms with E-state index in [0.29, 0.717) is 39.0 Å². The average molecular weight is 555 g/mol. The molecule has 3 heterocycles. The van der Waals surface area contributed by atoms with Gasteiger partial charge in [-0.3, -0.25) is 14.4 Å². The third-order valence-corrected chi connectivity index (χ3v) is 10.7. The van der Waals surface area contributed by atoms with Gasteiger partial charge in [-0.2, -0.15) is 0 Å². The monoisotopic (exact) mass is 554 g/mol. The van der Waals surface area contributed by atoms with Crippen LogP contribution in [0.4, 0.5) is 5.69 Å². The van der Waals surface area contributed by atoms with Gasteiger partial charge in [-0.05, 0) is 63.0 Å². The molecular weight excluding hydrogens is 512 g/mol. The zero-order valence-corrected chi connectivity index (χ0v) is 24.3. The normalized spacial score (nSPS) is 28.9. The number of para-hydroxylation sites is 1. The second-order valence-corrected chi connectivity index (χ2v) is 12.6. The average Bonchev–Trinajstić information content (AvgIpc) is 3.49. The molecule has 1 N–H and O–H groups in total. The molecule has 3 aliphatic heterocycles. The fraction of sp³-hybridized carbons (Fsp3) is 0.581. The van der Waals surface area contributed by atoms with Gasteiger partial charge in [-0.1, -0.05) is 37.3 Å². The number of hydrogen-bond acceptors (Lipinski definition) is 6. The topological polar surface area (TPSA) is 87.2 Å². The summed E-state index contributed by atoms with van der Waals surface area (Å²) in [5.41, 5.74) is 2.80. The van der Waals surface area contributed by atoms with Crippen molar-refractivity contribution in [1.82, 2.24) is 4.90 Å². The van der Waals surface area contributed by atoms with Crippen LogP contribution in [0.3, 0.4) is 0 Å². The summed E-state index contributed by atoms with van der Waals surface area (Å²) in [6, 6.07) is 5.24. The second-order valence-electron chi connectivity index (χ2n) is 11.1. The SMILES string of the molecule is C=CCCCOC(=O)[C@@H]1[C@@H]2CC(C)C3(S2)C(C(=O)N(CC=C)c2c(C)cccc2C)N(CCCCO)C(=O)[C@H]13. The molecule has 1 aromatic carbocycles. The van der Waals surface area contributed by atoms with Crippen LogP contribution >= 0.6 is 11.8 Å². The lowest BCUT2D eigenvalue weighted by Crippen LogP contribution is -2.57. The number of aliphatic hydroxyl groups is 1. The number of ether oxygens (including phenoxy) is 1. The summed E-state index contributed by atoms with van der Waals surface area (Å²) in [7, 11) is 0. The van der Waals surface area contributed by atoms with Gasteiger partial charge in [0.1, 0.15) is 6.04 Å². The van der Waals surface area contributed by atoms with E-state index in [1.807, 2.05) is 32.0 Å². The van der Waals surface area contributed by atoms with Crippen molar-refractivity contribution in [3.05, 3.63) is 54.6 Å². The number of rotatable bonds is 13. The molecule has 212 valence electrons. The maximum absolute atomic E-state index is 14.7. The number of benzene rings is 1. The van der Waals surface area contributed by atoms with Gasteiger partial charge >= 0.3 is 5.97 Å². The lowest BCUT2D eigenvalue weighted by atomic mass is 9.66. The summed E-state index contributed by atoms with van der Waals surface area (Å²) in [6.45, 7) is 14.7. The highest BCUT2D eigenvalue weighted by Crippen LogP contribution is 2.68. The standard InChI is InChI=1S/C31H42N2O5S/c1-6-8-11-18-38-30(37)24-23-19-22(5)31(39-23)25(24)28(35)33(16-9-10-17-34)27(31)29(36)32(15-7-2)26-20(3)13-12-14-21(26)4/h6-7,12-14,22-25,27,34H,1-2,8-11,15-19H2,3-5H3/t22?,23-,24+,25-,27?,31?/m0/s1. The number of unbranched alkanes of at least 4 members (excludes halogenated alkanes) is 2. The Morgan fingerprint density at radius 2 is 1.92 bits per heavy atom. The Kier molecular flexibility index (Phi) is 9.27. The van der Waals surface area contributed by atoms with E-state index in [2.05, 4.69) is 20.1 Å². The molecule has 0 aliphatic carbocycles. The minimum atomic E-state index is -0.712. The molecule has 2 bridgehead atoms. The highest BCUT2D eigenvalue weighted by atomic mass is 32.2. The molecule has 0 saturated carbocycles. The van der Waals surface area contributed by atoms with Crippen molar-refractivity contribution >= 4 is 35.2 Å². The molecule has 4 rings (SSSR count). The largest absolute Gasteiger partial charge is 0.465 e. The number of carbonyl (C=O) groups excluding carboxylic acids is 3. The number of fused-ring (bicyclic) bond motifs is 1. The van der Waals surface area contributed by atoms with Crippen molar-refractivity contribution in [1.29, 1.82) is 0 Å². The molecule has 8 heteroatoms. The van der Waals surface area contributed by atoms with Crippen molar-refractivity contribution in [2.45, 2.75) is 68.9 Å². The minimum absolute atomic E-state index is 0.0209. The van der Waals surface area contributed by atoms with Crippen LogP contribution in [-0.2, 0) is 19.1 Å². The smallest absolute Gasteiger partial charge is 0.310 e. The zero-order chi connectivity index (χ0) is 28.3. The van der Waals surface area contributed by atoms with Crippen LogP contribution in [-0.4, -0.2) is 70.1 Å². The first-order chi connectivity index (χ1) is 18.7. The molecular formula is C31H42N2O5S. The number of likely N-dealkylation sites (tertiary alicyclic amines) is 1. The first-order valence-corrected chi connectivity index (χ1v) is 15.0. The Bertz CT molecular complexity index is 1100. The maximum Gasteiger partial charge on any atom is 0.310 e. The van der Waals surface area contributed by atoms with E-state index in [4.69, 9.17) is 4.74 Å². The Morgan fingerprint density at radius 3 is 2.56 bits per heavy atom. The molecule has 1 aromatic rings. The number of aryl methyl sites for hydroxylation is 2. The Labute approximate surface area is 236 Å². The van der Waals surface area contributed by atoms with Crippen LogP contribution in [0.2, 0.25) is 0 Å². The van der Waals surface area contributed by atoms with Crippen LogP contribution in [0.1, 0.15) is 50.2 Å². The number of allylic oxidation sites excluding steroid dienone is 1. The van der Waals surface area contributed by atoms with Crippen molar-refractivity contribution in [2.24, 2.45) is 17.8 Å². The Balaban J connectivity index is 1.75. The molecule has 3 saturated heterocycles. The summed E-state index contributed by atoms with van der Waals surface area (Å²) in [5.74, 6) is -1.69. The number of aliphatic hydroxyl groups excluding tert-OH is 1. The Morgan fingerprint density at radius 1 is 1.21 bits per heavy atom. The number of esters is 1. The first-order valence-electron chi connectivity index (χ1n) is 14.1. The minimum Gasteiger partial charge on any atom is -0.465 e.